The van der Waals surface area contributed by atoms with Crippen molar-refractivity contribution in [1.82, 2.24) is 5.32 Å². The van der Waals surface area contributed by atoms with Crippen molar-refractivity contribution in [2.24, 2.45) is 0 Å². The van der Waals surface area contributed by atoms with Crippen LogP contribution in [0.4, 0.5) is 4.79 Å². The topological polar surface area (TPSA) is 51.5 Å². The Bertz CT molecular complexity index is 305. The molecule has 0 radical (unpaired) electrons. The summed E-state index contributed by atoms with van der Waals surface area (Å²) in [5.74, 6) is 1.59. The van der Waals surface area contributed by atoms with Gasteiger partial charge in [0.05, 0.1) is 0 Å². The Morgan fingerprint density at radius 2 is 2.42 bits per heavy atom. The van der Waals surface area contributed by atoms with Crippen LogP contribution >= 0.6 is 0 Å². The zero-order chi connectivity index (χ0) is 8.55. The first-order valence-corrected chi connectivity index (χ1v) is 3.75. The molecule has 1 aromatic rings. The van der Waals surface area contributed by atoms with Crippen LogP contribution in [0.5, 0.6) is 0 Å². The van der Waals surface area contributed by atoms with Gasteiger partial charge in [0.2, 0.25) is 0 Å². The molecule has 1 aromatic heterocycles. The van der Waals surface area contributed by atoms with Gasteiger partial charge < -0.3 is 14.5 Å². The first-order valence-electron chi connectivity index (χ1n) is 3.75. The molecule has 0 aliphatic carbocycles. The fraction of sp³-hybridized carbons (Fsp3) is 0.375. The molecule has 1 atom stereocenters. The summed E-state index contributed by atoms with van der Waals surface area (Å²) in [5, 5.41) is 2.63. The van der Waals surface area contributed by atoms with Gasteiger partial charge in [-0.15, -0.1) is 0 Å². The molecule has 1 amide bonds. The van der Waals surface area contributed by atoms with Gasteiger partial charge in [0.25, 0.3) is 0 Å². The van der Waals surface area contributed by atoms with Crippen molar-refractivity contribution in [3.05, 3.63) is 23.7 Å². The zero-order valence-corrected chi connectivity index (χ0v) is 6.66. The van der Waals surface area contributed by atoms with Crippen LogP contribution in [-0.2, 0) is 4.74 Å². The fourth-order valence-corrected chi connectivity index (χ4v) is 1.18. The zero-order valence-electron chi connectivity index (χ0n) is 6.66. The standard InChI is InChI=1S/C8H9NO3/c1-5-2-3-7(12-5)6-4-11-8(10)9-6/h2-3,6H,4H2,1H3,(H,9,10)/t6-/m0/s1. The van der Waals surface area contributed by atoms with Crippen LogP contribution in [0.2, 0.25) is 0 Å². The van der Waals surface area contributed by atoms with E-state index in [0.29, 0.717) is 6.61 Å². The molecule has 1 aliphatic heterocycles. The van der Waals surface area contributed by atoms with Gasteiger partial charge in [0.15, 0.2) is 0 Å². The summed E-state index contributed by atoms with van der Waals surface area (Å²) in [7, 11) is 0. The van der Waals surface area contributed by atoms with Gasteiger partial charge in [-0.3, -0.25) is 0 Å². The van der Waals surface area contributed by atoms with Gasteiger partial charge in [-0.1, -0.05) is 0 Å². The van der Waals surface area contributed by atoms with Crippen LogP contribution in [0.15, 0.2) is 16.5 Å². The highest BCUT2D eigenvalue weighted by molar-refractivity contribution is 5.69. The molecular formula is C8H9NO3. The largest absolute Gasteiger partial charge is 0.464 e. The molecule has 0 spiro atoms. The van der Waals surface area contributed by atoms with Gasteiger partial charge in [-0.05, 0) is 19.1 Å². The number of alkyl carbamates (subject to hydrolysis) is 1. The van der Waals surface area contributed by atoms with Crippen molar-refractivity contribution in [3.8, 4) is 0 Å². The molecule has 0 bridgehead atoms. The molecule has 4 nitrogen and oxygen atoms in total. The highest BCUT2D eigenvalue weighted by Gasteiger charge is 2.25. The van der Waals surface area contributed by atoms with Crippen molar-refractivity contribution in [2.75, 3.05) is 6.61 Å². The number of nitrogens with one attached hydrogen (secondary N) is 1. The summed E-state index contributed by atoms with van der Waals surface area (Å²) in [5.41, 5.74) is 0. The number of carbonyl (C=O) groups excluding carboxylic acids is 1. The first kappa shape index (κ1) is 7.21. The van der Waals surface area contributed by atoms with E-state index in [2.05, 4.69) is 5.32 Å². The lowest BCUT2D eigenvalue weighted by molar-refractivity contribution is 0.176. The monoisotopic (exact) mass is 167 g/mol. The Hall–Kier alpha value is -1.45. The highest BCUT2D eigenvalue weighted by atomic mass is 16.6. The van der Waals surface area contributed by atoms with E-state index >= 15 is 0 Å². The lowest BCUT2D eigenvalue weighted by Gasteiger charge is -2.00. The van der Waals surface area contributed by atoms with E-state index < -0.39 is 0 Å². The molecule has 1 fully saturated rings. The highest BCUT2D eigenvalue weighted by Crippen LogP contribution is 2.19. The van der Waals surface area contributed by atoms with Crippen LogP contribution in [-0.4, -0.2) is 12.7 Å². The third-order valence-electron chi connectivity index (χ3n) is 1.78. The maximum absolute atomic E-state index is 10.7. The Balaban J connectivity index is 2.15. The second kappa shape index (κ2) is 2.55. The number of ether oxygens (including phenoxy) is 1. The molecule has 12 heavy (non-hydrogen) atoms. The number of carbonyl (C=O) groups is 1. The van der Waals surface area contributed by atoms with Crippen molar-refractivity contribution in [3.63, 3.8) is 0 Å². The third kappa shape index (κ3) is 1.15. The number of aryl methyl sites for hydroxylation is 1. The SMILES string of the molecule is Cc1ccc([C@@H]2COC(=O)N2)o1. The minimum absolute atomic E-state index is 0.119. The van der Waals surface area contributed by atoms with Crippen LogP contribution in [0.3, 0.4) is 0 Å². The van der Waals surface area contributed by atoms with Crippen molar-refractivity contribution >= 4 is 6.09 Å². The molecule has 1 N–H and O–H groups in total. The van der Waals surface area contributed by atoms with Crippen molar-refractivity contribution in [2.45, 2.75) is 13.0 Å². The van der Waals surface area contributed by atoms with E-state index in [-0.39, 0.29) is 12.1 Å². The Labute approximate surface area is 69.5 Å². The summed E-state index contributed by atoms with van der Waals surface area (Å²) in [6.45, 7) is 2.22. The van der Waals surface area contributed by atoms with Gasteiger partial charge in [0.1, 0.15) is 24.2 Å². The Morgan fingerprint density at radius 3 is 2.92 bits per heavy atom. The normalized spacial score (nSPS) is 22.1. The number of furan rings is 1. The lowest BCUT2D eigenvalue weighted by Crippen LogP contribution is -2.17. The fourth-order valence-electron chi connectivity index (χ4n) is 1.18. The predicted molar refractivity (Wildman–Crippen MR) is 40.7 cm³/mol. The summed E-state index contributed by atoms with van der Waals surface area (Å²) in [6, 6.07) is 3.58. The number of amides is 1. The van der Waals surface area contributed by atoms with Gasteiger partial charge in [-0.2, -0.15) is 0 Å². The van der Waals surface area contributed by atoms with Crippen LogP contribution in [0.1, 0.15) is 17.6 Å². The van der Waals surface area contributed by atoms with E-state index in [1.54, 1.807) is 0 Å². The van der Waals surface area contributed by atoms with Gasteiger partial charge in [-0.25, -0.2) is 4.79 Å². The second-order valence-electron chi connectivity index (χ2n) is 2.74. The quantitative estimate of drug-likeness (QED) is 0.687. The van der Waals surface area contributed by atoms with E-state index in [1.807, 2.05) is 19.1 Å². The minimum atomic E-state index is -0.381. The van der Waals surface area contributed by atoms with E-state index in [1.165, 1.54) is 0 Å². The molecule has 1 saturated heterocycles. The third-order valence-corrected chi connectivity index (χ3v) is 1.78. The summed E-state index contributed by atoms with van der Waals surface area (Å²) in [6.07, 6.45) is -0.381. The molecule has 0 aromatic carbocycles. The maximum atomic E-state index is 10.7. The second-order valence-corrected chi connectivity index (χ2v) is 2.74. The number of hydrogen-bond acceptors (Lipinski definition) is 3. The minimum Gasteiger partial charge on any atom is -0.464 e. The molecule has 4 heteroatoms. The summed E-state index contributed by atoms with van der Waals surface area (Å²) >= 11 is 0. The number of hydrogen-bond donors (Lipinski definition) is 1. The molecule has 2 rings (SSSR count). The number of rotatable bonds is 1. The molecule has 0 saturated carbocycles. The summed E-state index contributed by atoms with van der Waals surface area (Å²) < 4.78 is 10.0. The van der Waals surface area contributed by atoms with Crippen molar-refractivity contribution < 1.29 is 13.9 Å². The van der Waals surface area contributed by atoms with E-state index in [4.69, 9.17) is 9.15 Å². The smallest absolute Gasteiger partial charge is 0.407 e. The van der Waals surface area contributed by atoms with Crippen LogP contribution in [0, 0.1) is 6.92 Å². The Morgan fingerprint density at radius 1 is 1.58 bits per heavy atom. The lowest BCUT2D eigenvalue weighted by atomic mass is 10.2. The van der Waals surface area contributed by atoms with E-state index in [9.17, 15) is 4.79 Å². The molecular weight excluding hydrogens is 158 g/mol. The maximum Gasteiger partial charge on any atom is 0.407 e. The van der Waals surface area contributed by atoms with Crippen LogP contribution < -0.4 is 5.32 Å². The van der Waals surface area contributed by atoms with Gasteiger partial charge >= 0.3 is 6.09 Å². The Kier molecular flexibility index (Phi) is 1.53. The molecule has 0 unspecified atom stereocenters. The summed E-state index contributed by atoms with van der Waals surface area (Å²) in [4.78, 5) is 10.7. The average Bonchev–Trinajstić information content (AvgIpc) is 2.58. The van der Waals surface area contributed by atoms with Crippen molar-refractivity contribution in [1.29, 1.82) is 0 Å². The van der Waals surface area contributed by atoms with Crippen LogP contribution in [0.25, 0.3) is 0 Å². The average molecular weight is 167 g/mol. The molecule has 64 valence electrons. The predicted octanol–water partition coefficient (Wildman–Crippen LogP) is 1.37. The number of cyclic esters (lactones) is 1. The van der Waals surface area contributed by atoms with Gasteiger partial charge in [0, 0.05) is 0 Å². The molecule has 1 aliphatic rings. The van der Waals surface area contributed by atoms with E-state index in [0.717, 1.165) is 11.5 Å². The first-order chi connectivity index (χ1) is 5.75. The molecule has 2 heterocycles.